The van der Waals surface area contributed by atoms with Crippen LogP contribution >= 0.6 is 0 Å². The molecular weight excluding hydrogens is 255 g/mol. The van der Waals surface area contributed by atoms with Crippen LogP contribution in [0.3, 0.4) is 0 Å². The topological polar surface area (TPSA) is 29.9 Å². The Labute approximate surface area is 111 Å². The number of aromatic nitrogens is 2. The van der Waals surface area contributed by atoms with E-state index in [1.54, 1.807) is 0 Å². The van der Waals surface area contributed by atoms with Crippen LogP contribution in [0.15, 0.2) is 12.4 Å². The van der Waals surface area contributed by atoms with Crippen molar-refractivity contribution in [3.63, 3.8) is 0 Å². The molecule has 6 heteroatoms. The second kappa shape index (κ2) is 5.94. The first-order chi connectivity index (χ1) is 9.02. The van der Waals surface area contributed by atoms with Gasteiger partial charge in [-0.25, -0.2) is 0 Å². The molecule has 2 atom stereocenters. The molecule has 1 aromatic heterocycles. The average molecular weight is 275 g/mol. The van der Waals surface area contributed by atoms with Crippen LogP contribution < -0.4 is 5.32 Å². The van der Waals surface area contributed by atoms with Crippen molar-refractivity contribution >= 4 is 0 Å². The minimum atomic E-state index is -4.31. The molecule has 1 saturated carbocycles. The van der Waals surface area contributed by atoms with Crippen molar-refractivity contribution in [2.75, 3.05) is 6.54 Å². The second-order valence-corrected chi connectivity index (χ2v) is 5.12. The SMILES string of the molecule is CCCNC1CCCCC1n1cc(C(F)(F)F)cn1. The molecule has 1 heterocycles. The minimum absolute atomic E-state index is 0.0383. The van der Waals surface area contributed by atoms with E-state index in [4.69, 9.17) is 0 Å². The molecule has 2 unspecified atom stereocenters. The van der Waals surface area contributed by atoms with Crippen LogP contribution in [-0.4, -0.2) is 22.4 Å². The van der Waals surface area contributed by atoms with Gasteiger partial charge in [-0.1, -0.05) is 19.8 Å². The Hall–Kier alpha value is -1.04. The van der Waals surface area contributed by atoms with Crippen LogP contribution in [0.2, 0.25) is 0 Å². The largest absolute Gasteiger partial charge is 0.419 e. The molecule has 0 spiro atoms. The van der Waals surface area contributed by atoms with Crippen molar-refractivity contribution in [3.05, 3.63) is 18.0 Å². The number of rotatable bonds is 4. The molecule has 0 bridgehead atoms. The maximum absolute atomic E-state index is 12.6. The standard InChI is InChI=1S/C13H20F3N3/c1-2-7-17-11-5-3-4-6-12(11)19-9-10(8-18-19)13(14,15)16/h8-9,11-12,17H,2-7H2,1H3. The highest BCUT2D eigenvalue weighted by Crippen LogP contribution is 2.32. The summed E-state index contributed by atoms with van der Waals surface area (Å²) in [6, 6.07) is 0.270. The van der Waals surface area contributed by atoms with Crippen LogP contribution in [0.1, 0.15) is 50.6 Å². The maximum Gasteiger partial charge on any atom is 0.419 e. The molecule has 0 aromatic carbocycles. The zero-order valence-electron chi connectivity index (χ0n) is 11.1. The Bertz CT molecular complexity index is 400. The average Bonchev–Trinajstić information content (AvgIpc) is 2.86. The molecule has 0 amide bonds. The number of hydrogen-bond acceptors (Lipinski definition) is 2. The van der Waals surface area contributed by atoms with Gasteiger partial charge in [0.15, 0.2) is 0 Å². The lowest BCUT2D eigenvalue weighted by molar-refractivity contribution is -0.137. The Morgan fingerprint density at radius 3 is 2.74 bits per heavy atom. The van der Waals surface area contributed by atoms with Gasteiger partial charge in [-0.05, 0) is 25.8 Å². The van der Waals surface area contributed by atoms with E-state index in [1.165, 1.54) is 4.68 Å². The number of hydrogen-bond donors (Lipinski definition) is 1. The van der Waals surface area contributed by atoms with Gasteiger partial charge in [0.1, 0.15) is 0 Å². The summed E-state index contributed by atoms with van der Waals surface area (Å²) in [4.78, 5) is 0. The summed E-state index contributed by atoms with van der Waals surface area (Å²) < 4.78 is 39.3. The van der Waals surface area contributed by atoms with Crippen molar-refractivity contribution in [3.8, 4) is 0 Å². The maximum atomic E-state index is 12.6. The molecule has 0 radical (unpaired) electrons. The smallest absolute Gasteiger partial charge is 0.312 e. The van der Waals surface area contributed by atoms with Crippen molar-refractivity contribution in [2.24, 2.45) is 0 Å². The Balaban J connectivity index is 2.11. The van der Waals surface area contributed by atoms with E-state index in [-0.39, 0.29) is 12.1 Å². The van der Waals surface area contributed by atoms with Crippen LogP contribution in [0.4, 0.5) is 13.2 Å². The fourth-order valence-corrected chi connectivity index (χ4v) is 2.66. The van der Waals surface area contributed by atoms with Crippen LogP contribution in [-0.2, 0) is 6.18 Å². The summed E-state index contributed by atoms with van der Waals surface area (Å²) in [5.41, 5.74) is -0.660. The molecular formula is C13H20F3N3. The second-order valence-electron chi connectivity index (χ2n) is 5.12. The monoisotopic (exact) mass is 275 g/mol. The first-order valence-corrected chi connectivity index (χ1v) is 6.87. The van der Waals surface area contributed by atoms with Crippen molar-refractivity contribution < 1.29 is 13.2 Å². The number of nitrogens with one attached hydrogen (secondary N) is 1. The van der Waals surface area contributed by atoms with Gasteiger partial charge in [0.2, 0.25) is 0 Å². The fraction of sp³-hybridized carbons (Fsp3) is 0.769. The lowest BCUT2D eigenvalue weighted by atomic mass is 9.90. The lowest BCUT2D eigenvalue weighted by Crippen LogP contribution is -2.40. The molecule has 0 saturated heterocycles. The van der Waals surface area contributed by atoms with E-state index >= 15 is 0 Å². The van der Waals surface area contributed by atoms with Crippen molar-refractivity contribution in [1.82, 2.24) is 15.1 Å². The van der Waals surface area contributed by atoms with Crippen molar-refractivity contribution in [2.45, 2.75) is 57.3 Å². The van der Waals surface area contributed by atoms with E-state index in [1.807, 2.05) is 0 Å². The van der Waals surface area contributed by atoms with Gasteiger partial charge >= 0.3 is 6.18 Å². The first-order valence-electron chi connectivity index (χ1n) is 6.87. The summed E-state index contributed by atoms with van der Waals surface area (Å²) in [6.45, 7) is 2.98. The van der Waals surface area contributed by atoms with Crippen LogP contribution in [0.5, 0.6) is 0 Å². The Kier molecular flexibility index (Phi) is 4.50. The third kappa shape index (κ3) is 3.49. The third-order valence-electron chi connectivity index (χ3n) is 3.65. The summed E-state index contributed by atoms with van der Waals surface area (Å²) >= 11 is 0. The molecule has 3 nitrogen and oxygen atoms in total. The van der Waals surface area contributed by atoms with Gasteiger partial charge in [0.05, 0.1) is 17.8 Å². The van der Waals surface area contributed by atoms with Gasteiger partial charge in [-0.15, -0.1) is 0 Å². The molecule has 1 fully saturated rings. The highest BCUT2D eigenvalue weighted by molar-refractivity contribution is 5.09. The third-order valence-corrected chi connectivity index (χ3v) is 3.65. The molecule has 2 rings (SSSR count). The number of alkyl halides is 3. The van der Waals surface area contributed by atoms with Crippen LogP contribution in [0, 0.1) is 0 Å². The summed E-state index contributed by atoms with van der Waals surface area (Å²) in [5.74, 6) is 0. The molecule has 0 aliphatic heterocycles. The van der Waals surface area contributed by atoms with Gasteiger partial charge in [-0.3, -0.25) is 4.68 Å². The van der Waals surface area contributed by atoms with E-state index < -0.39 is 11.7 Å². The van der Waals surface area contributed by atoms with E-state index in [2.05, 4.69) is 17.3 Å². The zero-order valence-corrected chi connectivity index (χ0v) is 11.1. The molecule has 1 aromatic rings. The van der Waals surface area contributed by atoms with Gasteiger partial charge in [0, 0.05) is 12.2 Å². The minimum Gasteiger partial charge on any atom is -0.312 e. The van der Waals surface area contributed by atoms with Gasteiger partial charge in [-0.2, -0.15) is 18.3 Å². The number of nitrogens with zero attached hydrogens (tertiary/aromatic N) is 2. The van der Waals surface area contributed by atoms with Crippen LogP contribution in [0.25, 0.3) is 0 Å². The van der Waals surface area contributed by atoms with E-state index in [0.29, 0.717) is 0 Å². The normalized spacial score (nSPS) is 24.6. The lowest BCUT2D eigenvalue weighted by Gasteiger charge is -2.32. The molecule has 108 valence electrons. The van der Waals surface area contributed by atoms with E-state index in [0.717, 1.165) is 51.0 Å². The van der Waals surface area contributed by atoms with Crippen molar-refractivity contribution in [1.29, 1.82) is 0 Å². The Morgan fingerprint density at radius 1 is 1.37 bits per heavy atom. The van der Waals surface area contributed by atoms with Gasteiger partial charge in [0.25, 0.3) is 0 Å². The molecule has 19 heavy (non-hydrogen) atoms. The highest BCUT2D eigenvalue weighted by Gasteiger charge is 2.34. The molecule has 1 N–H and O–H groups in total. The fourth-order valence-electron chi connectivity index (χ4n) is 2.66. The predicted octanol–water partition coefficient (Wildman–Crippen LogP) is 3.39. The summed E-state index contributed by atoms with van der Waals surface area (Å²) in [7, 11) is 0. The van der Waals surface area contributed by atoms with Gasteiger partial charge < -0.3 is 5.32 Å². The first kappa shape index (κ1) is 14.4. The quantitative estimate of drug-likeness (QED) is 0.913. The summed E-state index contributed by atoms with van der Waals surface area (Å²) in [5, 5.41) is 7.35. The zero-order chi connectivity index (χ0) is 13.9. The number of halogens is 3. The Morgan fingerprint density at radius 2 is 2.11 bits per heavy atom. The van der Waals surface area contributed by atoms with E-state index in [9.17, 15) is 13.2 Å². The predicted molar refractivity (Wildman–Crippen MR) is 66.8 cm³/mol. The molecule has 1 aliphatic rings. The summed E-state index contributed by atoms with van der Waals surface area (Å²) in [6.07, 6.45) is 2.85. The molecule has 1 aliphatic carbocycles. The highest BCUT2D eigenvalue weighted by atomic mass is 19.4.